The number of nitrogen functional groups attached to an aromatic ring is 1. The molecule has 3 N–H and O–H groups in total. The summed E-state index contributed by atoms with van der Waals surface area (Å²) in [5.74, 6) is 0. The van der Waals surface area contributed by atoms with Crippen molar-refractivity contribution in [3.8, 4) is 0 Å². The van der Waals surface area contributed by atoms with Gasteiger partial charge in [0.05, 0.1) is 5.52 Å². The predicted molar refractivity (Wildman–Crippen MR) is 75.9 cm³/mol. The first kappa shape index (κ1) is 10.6. The van der Waals surface area contributed by atoms with E-state index in [1.54, 1.807) is 0 Å². The zero-order chi connectivity index (χ0) is 12.4. The molecule has 1 aromatic heterocycles. The summed E-state index contributed by atoms with van der Waals surface area (Å²) in [7, 11) is 0. The smallest absolute Gasteiger partial charge is 0.0722 e. The van der Waals surface area contributed by atoms with Gasteiger partial charge in [-0.2, -0.15) is 0 Å². The maximum atomic E-state index is 5.67. The summed E-state index contributed by atoms with van der Waals surface area (Å²) in [6, 6.07) is 17.7. The number of hydrogen-bond donors (Lipinski definition) is 2. The van der Waals surface area contributed by atoms with Gasteiger partial charge in [0.1, 0.15) is 0 Å². The van der Waals surface area contributed by atoms with Crippen LogP contribution in [0.25, 0.3) is 10.9 Å². The van der Waals surface area contributed by atoms with Gasteiger partial charge in [-0.15, -0.1) is 0 Å². The number of rotatable bonds is 2. The summed E-state index contributed by atoms with van der Waals surface area (Å²) < 4.78 is 0. The second-order valence-electron chi connectivity index (χ2n) is 4.12. The molecule has 1 heterocycles. The van der Waals surface area contributed by atoms with E-state index >= 15 is 0 Å². The molecule has 0 unspecified atom stereocenters. The number of nitrogens with two attached hydrogens (primary N) is 1. The average Bonchev–Trinajstić information content (AvgIpc) is 2.42. The lowest BCUT2D eigenvalue weighted by Crippen LogP contribution is -1.93. The van der Waals surface area contributed by atoms with Gasteiger partial charge in [-0.05, 0) is 36.4 Å². The zero-order valence-electron chi connectivity index (χ0n) is 9.80. The minimum Gasteiger partial charge on any atom is -0.399 e. The number of anilines is 3. The molecular formula is C15H13N3. The van der Waals surface area contributed by atoms with Crippen molar-refractivity contribution in [1.29, 1.82) is 0 Å². The highest BCUT2D eigenvalue weighted by Crippen LogP contribution is 2.25. The third kappa shape index (κ3) is 1.98. The monoisotopic (exact) mass is 235 g/mol. The molecule has 0 saturated carbocycles. The molecule has 88 valence electrons. The van der Waals surface area contributed by atoms with E-state index in [4.69, 9.17) is 5.73 Å². The summed E-state index contributed by atoms with van der Waals surface area (Å²) in [5.41, 5.74) is 9.48. The number of benzene rings is 2. The molecule has 3 rings (SSSR count). The summed E-state index contributed by atoms with van der Waals surface area (Å²) in [6.07, 6.45) is 1.81. The molecule has 2 aromatic carbocycles. The standard InChI is InChI=1S/C15H13N3/c16-11-5-7-12(8-6-11)18-15-9-10-17-14-4-2-1-3-13(14)15/h1-10H,16H2,(H,17,18). The lowest BCUT2D eigenvalue weighted by Gasteiger charge is -2.09. The van der Waals surface area contributed by atoms with E-state index in [9.17, 15) is 0 Å². The molecule has 3 aromatic rings. The number of pyridine rings is 1. The molecular weight excluding hydrogens is 222 g/mol. The normalized spacial score (nSPS) is 10.4. The van der Waals surface area contributed by atoms with Crippen LogP contribution < -0.4 is 11.1 Å². The molecule has 0 aliphatic rings. The second-order valence-corrected chi connectivity index (χ2v) is 4.12. The van der Waals surface area contributed by atoms with E-state index in [-0.39, 0.29) is 0 Å². The first-order valence-electron chi connectivity index (χ1n) is 5.79. The number of fused-ring (bicyclic) bond motifs is 1. The van der Waals surface area contributed by atoms with Crippen molar-refractivity contribution in [3.05, 3.63) is 60.8 Å². The van der Waals surface area contributed by atoms with E-state index in [0.29, 0.717) is 0 Å². The average molecular weight is 235 g/mol. The van der Waals surface area contributed by atoms with Gasteiger partial charge in [-0.25, -0.2) is 0 Å². The molecule has 0 radical (unpaired) electrons. The molecule has 18 heavy (non-hydrogen) atoms. The van der Waals surface area contributed by atoms with Crippen molar-refractivity contribution < 1.29 is 0 Å². The molecule has 0 aliphatic carbocycles. The fourth-order valence-corrected chi connectivity index (χ4v) is 1.93. The topological polar surface area (TPSA) is 50.9 Å². The van der Waals surface area contributed by atoms with Gasteiger partial charge in [-0.1, -0.05) is 18.2 Å². The maximum absolute atomic E-state index is 5.67. The van der Waals surface area contributed by atoms with Gasteiger partial charge < -0.3 is 11.1 Å². The number of nitrogens with one attached hydrogen (secondary N) is 1. The lowest BCUT2D eigenvalue weighted by atomic mass is 10.2. The van der Waals surface area contributed by atoms with Crippen LogP contribution >= 0.6 is 0 Å². The Morgan fingerprint density at radius 1 is 0.889 bits per heavy atom. The van der Waals surface area contributed by atoms with Crippen molar-refractivity contribution in [1.82, 2.24) is 4.98 Å². The first-order chi connectivity index (χ1) is 8.83. The third-order valence-electron chi connectivity index (χ3n) is 2.84. The van der Waals surface area contributed by atoms with Gasteiger partial charge in [0.2, 0.25) is 0 Å². The molecule has 3 nitrogen and oxygen atoms in total. The van der Waals surface area contributed by atoms with Gasteiger partial charge in [0.15, 0.2) is 0 Å². The van der Waals surface area contributed by atoms with Crippen LogP contribution in [0.5, 0.6) is 0 Å². The Morgan fingerprint density at radius 3 is 2.50 bits per heavy atom. The number of aromatic nitrogens is 1. The fourth-order valence-electron chi connectivity index (χ4n) is 1.93. The van der Waals surface area contributed by atoms with E-state index in [1.807, 2.05) is 54.7 Å². The van der Waals surface area contributed by atoms with E-state index < -0.39 is 0 Å². The Morgan fingerprint density at radius 2 is 1.67 bits per heavy atom. The van der Waals surface area contributed by atoms with Crippen molar-refractivity contribution in [3.63, 3.8) is 0 Å². The fraction of sp³-hybridized carbons (Fsp3) is 0. The number of nitrogens with zero attached hydrogens (tertiary/aromatic N) is 1. The minimum absolute atomic E-state index is 0.764. The second kappa shape index (κ2) is 4.37. The summed E-state index contributed by atoms with van der Waals surface area (Å²) in [5, 5.41) is 4.49. The molecule has 0 spiro atoms. The van der Waals surface area contributed by atoms with Gasteiger partial charge in [0.25, 0.3) is 0 Å². The molecule has 3 heteroatoms. The minimum atomic E-state index is 0.764. The lowest BCUT2D eigenvalue weighted by molar-refractivity contribution is 1.40. The number of para-hydroxylation sites is 1. The predicted octanol–water partition coefficient (Wildman–Crippen LogP) is 3.56. The van der Waals surface area contributed by atoms with Crippen molar-refractivity contribution in [2.45, 2.75) is 0 Å². The molecule has 0 bridgehead atoms. The number of hydrogen-bond acceptors (Lipinski definition) is 3. The highest BCUT2D eigenvalue weighted by atomic mass is 14.9. The van der Waals surface area contributed by atoms with Crippen molar-refractivity contribution >= 4 is 28.0 Å². The molecule has 0 aliphatic heterocycles. The Labute approximate surface area is 105 Å². The Hall–Kier alpha value is -2.55. The zero-order valence-corrected chi connectivity index (χ0v) is 9.80. The van der Waals surface area contributed by atoms with Crippen LogP contribution in [0.2, 0.25) is 0 Å². The summed E-state index contributed by atoms with van der Waals surface area (Å²) in [4.78, 5) is 4.34. The van der Waals surface area contributed by atoms with E-state index in [1.165, 1.54) is 0 Å². The van der Waals surface area contributed by atoms with Crippen LogP contribution in [0, 0.1) is 0 Å². The van der Waals surface area contributed by atoms with Crippen LogP contribution in [-0.4, -0.2) is 4.98 Å². The van der Waals surface area contributed by atoms with Gasteiger partial charge in [0, 0.05) is 28.6 Å². The van der Waals surface area contributed by atoms with Crippen LogP contribution in [-0.2, 0) is 0 Å². The molecule has 0 saturated heterocycles. The maximum Gasteiger partial charge on any atom is 0.0722 e. The molecule has 0 amide bonds. The third-order valence-corrected chi connectivity index (χ3v) is 2.84. The highest BCUT2D eigenvalue weighted by molar-refractivity contribution is 5.92. The Bertz CT molecular complexity index is 669. The van der Waals surface area contributed by atoms with Crippen LogP contribution in [0.15, 0.2) is 60.8 Å². The molecule has 0 fully saturated rings. The quantitative estimate of drug-likeness (QED) is 0.668. The van der Waals surface area contributed by atoms with Gasteiger partial charge in [-0.3, -0.25) is 4.98 Å². The van der Waals surface area contributed by atoms with Crippen LogP contribution in [0.4, 0.5) is 17.1 Å². The van der Waals surface area contributed by atoms with Gasteiger partial charge >= 0.3 is 0 Å². The largest absolute Gasteiger partial charge is 0.399 e. The Balaban J connectivity index is 2.02. The van der Waals surface area contributed by atoms with Crippen LogP contribution in [0.1, 0.15) is 0 Å². The highest BCUT2D eigenvalue weighted by Gasteiger charge is 2.01. The van der Waals surface area contributed by atoms with E-state index in [0.717, 1.165) is 28.0 Å². The van der Waals surface area contributed by atoms with E-state index in [2.05, 4.69) is 16.4 Å². The molecule has 0 atom stereocenters. The van der Waals surface area contributed by atoms with Crippen molar-refractivity contribution in [2.24, 2.45) is 0 Å². The van der Waals surface area contributed by atoms with Crippen LogP contribution in [0.3, 0.4) is 0 Å². The summed E-state index contributed by atoms with van der Waals surface area (Å²) in [6.45, 7) is 0. The SMILES string of the molecule is Nc1ccc(Nc2ccnc3ccccc23)cc1. The Kier molecular flexibility index (Phi) is 2.57. The van der Waals surface area contributed by atoms with Crippen molar-refractivity contribution in [2.75, 3.05) is 11.1 Å². The summed E-state index contributed by atoms with van der Waals surface area (Å²) >= 11 is 0. The first-order valence-corrected chi connectivity index (χ1v) is 5.79.